The van der Waals surface area contributed by atoms with Gasteiger partial charge < -0.3 is 9.47 Å². The van der Waals surface area contributed by atoms with Crippen molar-refractivity contribution in [2.24, 2.45) is 7.05 Å². The molecule has 4 rings (SSSR count). The maximum absolute atomic E-state index is 13.3. The summed E-state index contributed by atoms with van der Waals surface area (Å²) in [7, 11) is 5.77. The maximum atomic E-state index is 13.3. The van der Waals surface area contributed by atoms with Crippen LogP contribution in [0, 0.1) is 13.8 Å². The van der Waals surface area contributed by atoms with E-state index in [4.69, 9.17) is 0 Å². The van der Waals surface area contributed by atoms with Gasteiger partial charge in [0.2, 0.25) is 5.78 Å². The highest BCUT2D eigenvalue weighted by atomic mass is 16.2. The van der Waals surface area contributed by atoms with Gasteiger partial charge >= 0.3 is 5.69 Å². The fourth-order valence-corrected chi connectivity index (χ4v) is 3.89. The van der Waals surface area contributed by atoms with Crippen LogP contribution >= 0.6 is 0 Å². The first-order chi connectivity index (χ1) is 14.3. The van der Waals surface area contributed by atoms with Gasteiger partial charge in [-0.25, -0.2) is 4.79 Å². The average Bonchev–Trinajstić information content (AvgIpc) is 3.20. The minimum absolute atomic E-state index is 0.234. The monoisotopic (exact) mass is 408 g/mol. The van der Waals surface area contributed by atoms with E-state index >= 15 is 0 Å². The molecule has 0 aliphatic heterocycles. The molecule has 8 nitrogen and oxygen atoms in total. The molecule has 0 amide bonds. The molecule has 0 atom stereocenters. The number of hydrogen-bond donors (Lipinski definition) is 0. The summed E-state index contributed by atoms with van der Waals surface area (Å²) in [5.41, 5.74) is 3.28. The van der Waals surface area contributed by atoms with Crippen molar-refractivity contribution in [2.45, 2.75) is 33.4 Å². The van der Waals surface area contributed by atoms with Crippen molar-refractivity contribution in [3.8, 4) is 0 Å². The Morgan fingerprint density at radius 3 is 2.40 bits per heavy atom. The third kappa shape index (κ3) is 3.37. The lowest BCUT2D eigenvalue weighted by molar-refractivity contribution is 0.387. The van der Waals surface area contributed by atoms with Gasteiger partial charge in [0, 0.05) is 25.5 Å². The number of fused-ring (bicyclic) bond motifs is 3. The summed E-state index contributed by atoms with van der Waals surface area (Å²) in [4.78, 5) is 33.1. The minimum Gasteiger partial charge on any atom is -0.314 e. The van der Waals surface area contributed by atoms with Crippen LogP contribution in [0.25, 0.3) is 16.9 Å². The Bertz CT molecular complexity index is 1330. The number of hydrogen-bond acceptors (Lipinski definition) is 4. The van der Waals surface area contributed by atoms with Gasteiger partial charge in [-0.15, -0.1) is 0 Å². The van der Waals surface area contributed by atoms with E-state index in [9.17, 15) is 9.59 Å². The number of aromatic nitrogens is 5. The van der Waals surface area contributed by atoms with Crippen LogP contribution in [0.15, 0.2) is 40.1 Å². The predicted molar refractivity (Wildman–Crippen MR) is 118 cm³/mol. The van der Waals surface area contributed by atoms with Crippen LogP contribution in [-0.4, -0.2) is 48.6 Å². The van der Waals surface area contributed by atoms with Crippen LogP contribution in [0.3, 0.4) is 0 Å². The molecule has 0 radical (unpaired) electrons. The number of aryl methyl sites for hydroxylation is 4. The second-order valence-corrected chi connectivity index (χ2v) is 8.25. The van der Waals surface area contributed by atoms with Crippen molar-refractivity contribution in [1.29, 1.82) is 0 Å². The van der Waals surface area contributed by atoms with Crippen LogP contribution in [0.4, 0.5) is 0 Å². The van der Waals surface area contributed by atoms with Crippen molar-refractivity contribution in [3.63, 3.8) is 0 Å². The molecule has 0 aliphatic carbocycles. The first-order valence-corrected chi connectivity index (χ1v) is 10.2. The van der Waals surface area contributed by atoms with E-state index in [2.05, 4.69) is 14.5 Å². The van der Waals surface area contributed by atoms with Crippen molar-refractivity contribution in [1.82, 2.24) is 28.0 Å². The van der Waals surface area contributed by atoms with Gasteiger partial charge in [0.15, 0.2) is 11.2 Å². The first kappa shape index (κ1) is 20.2. The molecule has 1 aromatic carbocycles. The van der Waals surface area contributed by atoms with Crippen molar-refractivity contribution in [3.05, 3.63) is 68.1 Å². The largest absolute Gasteiger partial charge is 0.332 e. The molecule has 4 aromatic rings. The number of nitrogens with zero attached hydrogens (tertiary/aromatic N) is 6. The Balaban J connectivity index is 1.86. The molecule has 0 bridgehead atoms. The summed E-state index contributed by atoms with van der Waals surface area (Å²) < 4.78 is 6.70. The Hall–Kier alpha value is -3.13. The normalized spacial score (nSPS) is 11.9. The number of imidazole rings is 2. The lowest BCUT2D eigenvalue weighted by atomic mass is 10.1. The molecule has 3 aromatic heterocycles. The van der Waals surface area contributed by atoms with Gasteiger partial charge in [-0.05, 0) is 46.5 Å². The topological polar surface area (TPSA) is 69.5 Å². The lowest BCUT2D eigenvalue weighted by Gasteiger charge is -2.10. The zero-order valence-corrected chi connectivity index (χ0v) is 18.2. The zero-order valence-electron chi connectivity index (χ0n) is 18.2. The highest BCUT2D eigenvalue weighted by Crippen LogP contribution is 2.17. The van der Waals surface area contributed by atoms with E-state index < -0.39 is 0 Å². The molecule has 8 heteroatoms. The van der Waals surface area contributed by atoms with Crippen LogP contribution in [-0.2, 0) is 20.1 Å². The van der Waals surface area contributed by atoms with Crippen molar-refractivity contribution in [2.75, 3.05) is 20.6 Å². The van der Waals surface area contributed by atoms with Gasteiger partial charge in [0.25, 0.3) is 5.56 Å². The van der Waals surface area contributed by atoms with Gasteiger partial charge in [0.1, 0.15) is 0 Å². The van der Waals surface area contributed by atoms with Crippen molar-refractivity contribution < 1.29 is 0 Å². The summed E-state index contributed by atoms with van der Waals surface area (Å²) in [6, 6.07) is 7.86. The Labute approximate surface area is 174 Å². The second kappa shape index (κ2) is 7.60. The molecule has 3 heterocycles. The molecule has 0 unspecified atom stereocenters. The second-order valence-electron chi connectivity index (χ2n) is 8.25. The summed E-state index contributed by atoms with van der Waals surface area (Å²) in [5.74, 6) is 0.696. The average molecular weight is 409 g/mol. The molecule has 0 saturated carbocycles. The molecule has 0 saturated heterocycles. The maximum Gasteiger partial charge on any atom is 0.332 e. The van der Waals surface area contributed by atoms with Crippen LogP contribution in [0.2, 0.25) is 0 Å². The smallest absolute Gasteiger partial charge is 0.314 e. The van der Waals surface area contributed by atoms with Gasteiger partial charge in [-0.3, -0.25) is 18.3 Å². The lowest BCUT2D eigenvalue weighted by Crippen LogP contribution is -2.39. The van der Waals surface area contributed by atoms with E-state index in [1.807, 2.05) is 62.8 Å². The minimum atomic E-state index is -0.357. The number of benzene rings is 1. The highest BCUT2D eigenvalue weighted by molar-refractivity contribution is 5.75. The zero-order chi connectivity index (χ0) is 21.6. The van der Waals surface area contributed by atoms with Gasteiger partial charge in [-0.1, -0.05) is 29.8 Å². The molecular formula is C22H28N6O2. The van der Waals surface area contributed by atoms with E-state index in [0.29, 0.717) is 16.9 Å². The molecule has 30 heavy (non-hydrogen) atoms. The number of rotatable bonds is 6. The third-order valence-electron chi connectivity index (χ3n) is 5.59. The molecule has 0 aliphatic rings. The van der Waals surface area contributed by atoms with Crippen LogP contribution in [0.5, 0.6) is 0 Å². The molecule has 158 valence electrons. The third-order valence-corrected chi connectivity index (χ3v) is 5.59. The molecule has 0 spiro atoms. The quantitative estimate of drug-likeness (QED) is 0.488. The predicted octanol–water partition coefficient (Wildman–Crippen LogP) is 1.77. The first-order valence-electron chi connectivity index (χ1n) is 10.2. The van der Waals surface area contributed by atoms with Gasteiger partial charge in [-0.2, -0.15) is 4.98 Å². The van der Waals surface area contributed by atoms with Gasteiger partial charge in [0.05, 0.1) is 6.54 Å². The molecule has 0 N–H and O–H groups in total. The summed E-state index contributed by atoms with van der Waals surface area (Å²) >= 11 is 0. The molecule has 0 fully saturated rings. The summed E-state index contributed by atoms with van der Waals surface area (Å²) in [6.45, 7) is 6.03. The fourth-order valence-electron chi connectivity index (χ4n) is 3.89. The summed E-state index contributed by atoms with van der Waals surface area (Å²) in [5, 5.41) is 0. The standard InChI is InChI=1S/C22H28N6O2/c1-15-7-9-17(10-8-15)14-28-20(29)18-19(25(5)22(28)30)23-21-26(12-6-11-24(3)4)16(2)13-27(18)21/h7-10,13H,6,11-12,14H2,1-5H3. The van der Waals surface area contributed by atoms with E-state index in [0.717, 1.165) is 36.3 Å². The van der Waals surface area contributed by atoms with Crippen LogP contribution < -0.4 is 11.2 Å². The Kier molecular flexibility index (Phi) is 5.11. The highest BCUT2D eigenvalue weighted by Gasteiger charge is 2.20. The molecular weight excluding hydrogens is 380 g/mol. The SMILES string of the molecule is Cc1ccc(Cn2c(=O)c3c(nc4n(CCCN(C)C)c(C)cn34)n(C)c2=O)cc1. The Morgan fingerprint density at radius 1 is 1.03 bits per heavy atom. The van der Waals surface area contributed by atoms with Crippen molar-refractivity contribution >= 4 is 16.9 Å². The van der Waals surface area contributed by atoms with Crippen LogP contribution in [0.1, 0.15) is 23.2 Å². The Morgan fingerprint density at radius 2 is 1.73 bits per heavy atom. The van der Waals surface area contributed by atoms with E-state index in [-0.39, 0.29) is 17.8 Å². The fraction of sp³-hybridized carbons (Fsp3) is 0.409. The van der Waals surface area contributed by atoms with E-state index in [1.165, 1.54) is 9.13 Å². The van der Waals surface area contributed by atoms with E-state index in [1.54, 1.807) is 7.05 Å². The summed E-state index contributed by atoms with van der Waals surface area (Å²) in [6.07, 6.45) is 2.90.